The van der Waals surface area contributed by atoms with Gasteiger partial charge in [-0.05, 0) is 12.5 Å². The molecule has 0 aliphatic heterocycles. The van der Waals surface area contributed by atoms with Gasteiger partial charge in [0.15, 0.2) is 0 Å². The molecule has 1 rings (SSSR count). The summed E-state index contributed by atoms with van der Waals surface area (Å²) in [7, 11) is 1.77. The van der Waals surface area contributed by atoms with Gasteiger partial charge in [-0.25, -0.2) is 4.79 Å². The van der Waals surface area contributed by atoms with E-state index in [0.717, 1.165) is 12.8 Å². The average molecular weight is 233 g/mol. The molecule has 1 aromatic rings. The minimum Gasteiger partial charge on any atom is -0.462 e. The Balaban J connectivity index is 2.68. The first-order valence-electron chi connectivity index (χ1n) is 5.45. The first-order valence-corrected chi connectivity index (χ1v) is 5.45. The van der Waals surface area contributed by atoms with E-state index in [1.54, 1.807) is 24.1 Å². The Morgan fingerprint density at radius 1 is 1.71 bits per heavy atom. The number of hydrogen-bond donors (Lipinski definition) is 0. The van der Waals surface area contributed by atoms with Gasteiger partial charge < -0.3 is 4.74 Å². The van der Waals surface area contributed by atoms with E-state index in [1.165, 1.54) is 6.08 Å². The summed E-state index contributed by atoms with van der Waals surface area (Å²) < 4.78 is 6.56. The summed E-state index contributed by atoms with van der Waals surface area (Å²) in [6.07, 6.45) is 6.52. The average Bonchev–Trinajstić information content (AvgIpc) is 2.72. The lowest BCUT2D eigenvalue weighted by Gasteiger charge is -2.01. The van der Waals surface area contributed by atoms with Crippen molar-refractivity contribution in [3.63, 3.8) is 0 Å². The van der Waals surface area contributed by atoms with Crippen molar-refractivity contribution in [2.45, 2.75) is 19.8 Å². The van der Waals surface area contributed by atoms with Gasteiger partial charge in [-0.1, -0.05) is 13.3 Å². The Morgan fingerprint density at radius 3 is 3.00 bits per heavy atom. The lowest BCUT2D eigenvalue weighted by molar-refractivity contribution is -0.138. The molecule has 0 fully saturated rings. The summed E-state index contributed by atoms with van der Waals surface area (Å²) in [6.45, 7) is 2.35. The van der Waals surface area contributed by atoms with Crippen LogP contribution in [0.1, 0.15) is 25.3 Å². The fraction of sp³-hybridized carbons (Fsp3) is 0.417. The van der Waals surface area contributed by atoms with Gasteiger partial charge in [-0.2, -0.15) is 10.4 Å². The van der Waals surface area contributed by atoms with E-state index in [0.29, 0.717) is 12.2 Å². The van der Waals surface area contributed by atoms with Crippen LogP contribution in [0, 0.1) is 11.3 Å². The third-order valence-corrected chi connectivity index (χ3v) is 2.11. The fourth-order valence-electron chi connectivity index (χ4n) is 1.21. The molecule has 0 bridgehead atoms. The fourth-order valence-corrected chi connectivity index (χ4v) is 1.21. The van der Waals surface area contributed by atoms with Crippen LogP contribution >= 0.6 is 0 Å². The zero-order chi connectivity index (χ0) is 12.7. The number of aromatic nitrogens is 2. The second kappa shape index (κ2) is 6.48. The molecule has 17 heavy (non-hydrogen) atoms. The number of nitriles is 1. The molecule has 5 heteroatoms. The predicted molar refractivity (Wildman–Crippen MR) is 62.7 cm³/mol. The van der Waals surface area contributed by atoms with Crippen molar-refractivity contribution in [1.82, 2.24) is 9.78 Å². The van der Waals surface area contributed by atoms with Gasteiger partial charge in [-0.15, -0.1) is 0 Å². The highest BCUT2D eigenvalue weighted by Crippen LogP contribution is 2.07. The minimum atomic E-state index is -0.579. The van der Waals surface area contributed by atoms with Crippen LogP contribution < -0.4 is 0 Å². The van der Waals surface area contributed by atoms with Crippen LogP contribution in [0.15, 0.2) is 18.0 Å². The lowest BCUT2D eigenvalue weighted by Crippen LogP contribution is -2.07. The molecule has 1 heterocycles. The van der Waals surface area contributed by atoms with Crippen LogP contribution in [0.25, 0.3) is 6.08 Å². The monoisotopic (exact) mass is 233 g/mol. The quantitative estimate of drug-likeness (QED) is 0.336. The molecule has 90 valence electrons. The molecule has 0 N–H and O–H groups in total. The highest BCUT2D eigenvalue weighted by Gasteiger charge is 2.10. The molecule has 0 aromatic carbocycles. The van der Waals surface area contributed by atoms with Crippen molar-refractivity contribution in [3.8, 4) is 6.07 Å². The third kappa shape index (κ3) is 4.11. The van der Waals surface area contributed by atoms with Gasteiger partial charge >= 0.3 is 5.97 Å². The number of aryl methyl sites for hydroxylation is 1. The predicted octanol–water partition coefficient (Wildman–Crippen LogP) is 1.67. The molecule has 0 unspecified atom stereocenters. The van der Waals surface area contributed by atoms with Gasteiger partial charge in [0.05, 0.1) is 12.8 Å². The largest absolute Gasteiger partial charge is 0.462 e. The molecular formula is C12H15N3O2. The molecule has 0 saturated heterocycles. The summed E-state index contributed by atoms with van der Waals surface area (Å²) in [5.74, 6) is -0.579. The molecule has 0 saturated carbocycles. The minimum absolute atomic E-state index is 0.00546. The third-order valence-electron chi connectivity index (χ3n) is 2.11. The maximum Gasteiger partial charge on any atom is 0.348 e. The molecular weight excluding hydrogens is 218 g/mol. The lowest BCUT2D eigenvalue weighted by atomic mass is 10.2. The van der Waals surface area contributed by atoms with E-state index in [2.05, 4.69) is 5.10 Å². The zero-order valence-electron chi connectivity index (χ0n) is 10.0. The van der Waals surface area contributed by atoms with E-state index >= 15 is 0 Å². The van der Waals surface area contributed by atoms with Crippen LogP contribution in [0.3, 0.4) is 0 Å². The van der Waals surface area contributed by atoms with Crippen molar-refractivity contribution in [2.24, 2.45) is 7.05 Å². The summed E-state index contributed by atoms with van der Waals surface area (Å²) in [6, 6.07) is 1.84. The van der Waals surface area contributed by atoms with Crippen molar-refractivity contribution >= 4 is 12.0 Å². The molecule has 1 aromatic heterocycles. The van der Waals surface area contributed by atoms with Gasteiger partial charge in [0, 0.05) is 18.8 Å². The zero-order valence-corrected chi connectivity index (χ0v) is 10.0. The smallest absolute Gasteiger partial charge is 0.348 e. The first kappa shape index (κ1) is 13.0. The van der Waals surface area contributed by atoms with Crippen molar-refractivity contribution in [3.05, 3.63) is 23.5 Å². The van der Waals surface area contributed by atoms with Crippen LogP contribution in [0.2, 0.25) is 0 Å². The molecule has 0 amide bonds. The van der Waals surface area contributed by atoms with Gasteiger partial charge in [-0.3, -0.25) is 4.68 Å². The highest BCUT2D eigenvalue weighted by molar-refractivity contribution is 5.97. The molecule has 0 aliphatic rings. The number of carbonyl (C=O) groups is 1. The maximum absolute atomic E-state index is 11.5. The Morgan fingerprint density at radius 2 is 2.47 bits per heavy atom. The summed E-state index contributed by atoms with van der Waals surface area (Å²) >= 11 is 0. The first-order chi connectivity index (χ1) is 8.17. The van der Waals surface area contributed by atoms with Gasteiger partial charge in [0.25, 0.3) is 0 Å². The Kier molecular flexibility index (Phi) is 4.95. The Labute approximate surface area is 100 Å². The molecule has 0 spiro atoms. The summed E-state index contributed by atoms with van der Waals surface area (Å²) in [5, 5.41) is 12.8. The van der Waals surface area contributed by atoms with E-state index in [9.17, 15) is 4.79 Å². The standard InChI is InChI=1S/C12H15N3O2/c1-3-4-5-17-12(16)11(7-13)6-10-8-14-15(2)9-10/h6,8-9H,3-5H2,1-2H3. The number of rotatable bonds is 5. The number of carbonyl (C=O) groups excluding carboxylic acids is 1. The highest BCUT2D eigenvalue weighted by atomic mass is 16.5. The summed E-state index contributed by atoms with van der Waals surface area (Å²) in [4.78, 5) is 11.5. The van der Waals surface area contributed by atoms with Crippen molar-refractivity contribution in [1.29, 1.82) is 5.26 Å². The van der Waals surface area contributed by atoms with Crippen molar-refractivity contribution in [2.75, 3.05) is 6.61 Å². The molecule has 0 radical (unpaired) electrons. The normalized spacial score (nSPS) is 11.0. The Bertz CT molecular complexity index is 455. The van der Waals surface area contributed by atoms with E-state index in [1.807, 2.05) is 13.0 Å². The number of esters is 1. The van der Waals surface area contributed by atoms with E-state index < -0.39 is 5.97 Å². The number of hydrogen-bond acceptors (Lipinski definition) is 4. The Hall–Kier alpha value is -2.09. The topological polar surface area (TPSA) is 67.9 Å². The number of nitrogens with zero attached hydrogens (tertiary/aromatic N) is 3. The molecule has 5 nitrogen and oxygen atoms in total. The van der Waals surface area contributed by atoms with E-state index in [4.69, 9.17) is 10.00 Å². The van der Waals surface area contributed by atoms with Gasteiger partial charge in [0.1, 0.15) is 11.6 Å². The number of ether oxygens (including phenoxy) is 1. The second-order valence-corrected chi connectivity index (χ2v) is 3.61. The second-order valence-electron chi connectivity index (χ2n) is 3.61. The van der Waals surface area contributed by atoms with Gasteiger partial charge in [0.2, 0.25) is 0 Å². The van der Waals surface area contributed by atoms with E-state index in [-0.39, 0.29) is 5.57 Å². The summed E-state index contributed by atoms with van der Waals surface area (Å²) in [5.41, 5.74) is 0.700. The van der Waals surface area contributed by atoms with Crippen LogP contribution in [0.4, 0.5) is 0 Å². The van der Waals surface area contributed by atoms with Crippen molar-refractivity contribution < 1.29 is 9.53 Å². The van der Waals surface area contributed by atoms with Crippen LogP contribution in [0.5, 0.6) is 0 Å². The SMILES string of the molecule is CCCCOC(=O)C(C#N)=Cc1cnn(C)c1. The number of unbranched alkanes of at least 4 members (excludes halogenated alkanes) is 1. The van der Waals surface area contributed by atoms with Crippen LogP contribution in [-0.2, 0) is 16.6 Å². The molecule has 0 atom stereocenters. The maximum atomic E-state index is 11.5. The van der Waals surface area contributed by atoms with Crippen LogP contribution in [-0.4, -0.2) is 22.4 Å². The molecule has 0 aliphatic carbocycles.